The van der Waals surface area contributed by atoms with Crippen molar-refractivity contribution in [2.45, 2.75) is 12.7 Å². The average Bonchev–Trinajstić information content (AvgIpc) is 2.93. The molecule has 5 nitrogen and oxygen atoms in total. The van der Waals surface area contributed by atoms with Crippen LogP contribution in [0.3, 0.4) is 0 Å². The molecule has 0 aliphatic rings. The molecule has 8 heteroatoms. The topological polar surface area (TPSA) is 69.1 Å². The Morgan fingerprint density at radius 2 is 1.86 bits per heavy atom. The van der Waals surface area contributed by atoms with Gasteiger partial charge in [0.2, 0.25) is 0 Å². The molecule has 0 saturated carbocycles. The summed E-state index contributed by atoms with van der Waals surface area (Å²) in [6, 6.07) is 4.75. The van der Waals surface area contributed by atoms with Crippen LogP contribution in [0.15, 0.2) is 36.8 Å². The Kier molecular flexibility index (Phi) is 3.09. The highest BCUT2D eigenvalue weighted by molar-refractivity contribution is 5.73. The quantitative estimate of drug-likeness (QED) is 0.787. The number of nitrogens with zero attached hydrogens (tertiary/aromatic N) is 4. The second-order valence-electron chi connectivity index (χ2n) is 4.39. The maximum absolute atomic E-state index is 12.6. The smallest absolute Gasteiger partial charge is 0.325 e. The summed E-state index contributed by atoms with van der Waals surface area (Å²) in [4.78, 5) is 8.39. The molecule has 0 radical (unpaired) electrons. The van der Waals surface area contributed by atoms with Gasteiger partial charge in [0.15, 0.2) is 5.65 Å². The van der Waals surface area contributed by atoms with E-state index < -0.39 is 11.7 Å². The molecule has 0 aliphatic carbocycles. The molecule has 0 atom stereocenters. The van der Waals surface area contributed by atoms with Crippen LogP contribution in [0.5, 0.6) is 0 Å². The highest BCUT2D eigenvalue weighted by atomic mass is 19.4. The van der Waals surface area contributed by atoms with Gasteiger partial charge in [-0.05, 0) is 12.1 Å². The van der Waals surface area contributed by atoms with E-state index in [2.05, 4.69) is 15.1 Å². The molecule has 2 aromatic heterocycles. The Balaban J connectivity index is 2.13. The highest BCUT2D eigenvalue weighted by Crippen LogP contribution is 2.31. The Morgan fingerprint density at radius 3 is 2.48 bits per heavy atom. The predicted molar refractivity (Wildman–Crippen MR) is 69.1 cm³/mol. The minimum absolute atomic E-state index is 0.198. The SMILES string of the molecule is NCc1cn2ncnc2c(-c2ccc(C(F)(F)F)cc2)n1. The van der Waals surface area contributed by atoms with Gasteiger partial charge in [-0.25, -0.2) is 14.5 Å². The lowest BCUT2D eigenvalue weighted by atomic mass is 10.1. The van der Waals surface area contributed by atoms with Crippen LogP contribution in [0.2, 0.25) is 0 Å². The van der Waals surface area contributed by atoms with Crippen LogP contribution in [-0.4, -0.2) is 19.6 Å². The van der Waals surface area contributed by atoms with Crippen molar-refractivity contribution in [2.75, 3.05) is 0 Å². The molecule has 21 heavy (non-hydrogen) atoms. The van der Waals surface area contributed by atoms with E-state index in [4.69, 9.17) is 5.73 Å². The van der Waals surface area contributed by atoms with Crippen LogP contribution in [0.4, 0.5) is 13.2 Å². The molecule has 0 amide bonds. The van der Waals surface area contributed by atoms with E-state index in [0.29, 0.717) is 22.6 Å². The van der Waals surface area contributed by atoms with Crippen LogP contribution in [0.1, 0.15) is 11.3 Å². The number of alkyl halides is 3. The number of halogens is 3. The van der Waals surface area contributed by atoms with Crippen LogP contribution in [-0.2, 0) is 12.7 Å². The van der Waals surface area contributed by atoms with Crippen molar-refractivity contribution in [1.82, 2.24) is 19.6 Å². The summed E-state index contributed by atoms with van der Waals surface area (Å²) in [5.41, 5.74) is 6.87. The molecule has 2 N–H and O–H groups in total. The molecule has 0 aliphatic heterocycles. The second-order valence-corrected chi connectivity index (χ2v) is 4.39. The molecule has 3 aromatic rings. The van der Waals surface area contributed by atoms with Crippen molar-refractivity contribution < 1.29 is 13.2 Å². The number of benzene rings is 1. The normalized spacial score (nSPS) is 12.0. The standard InChI is InChI=1S/C13H10F3N5/c14-13(15,16)9-3-1-8(2-4-9)11-12-18-7-19-21(12)6-10(5-17)20-11/h1-4,6-7H,5,17H2. The number of hydrogen-bond acceptors (Lipinski definition) is 4. The first kappa shape index (κ1) is 13.5. The van der Waals surface area contributed by atoms with Crippen molar-refractivity contribution in [1.29, 1.82) is 0 Å². The van der Waals surface area contributed by atoms with Gasteiger partial charge in [-0.3, -0.25) is 0 Å². The number of nitrogens with two attached hydrogens (primary N) is 1. The molecule has 3 rings (SSSR count). The fraction of sp³-hybridized carbons (Fsp3) is 0.154. The average molecular weight is 293 g/mol. The third-order valence-corrected chi connectivity index (χ3v) is 3.01. The van der Waals surface area contributed by atoms with E-state index in [9.17, 15) is 13.2 Å². The fourth-order valence-electron chi connectivity index (χ4n) is 1.99. The molecular formula is C13H10F3N5. The lowest BCUT2D eigenvalue weighted by Gasteiger charge is -2.08. The van der Waals surface area contributed by atoms with Gasteiger partial charge in [0, 0.05) is 12.1 Å². The molecule has 0 spiro atoms. The maximum Gasteiger partial charge on any atom is 0.416 e. The zero-order chi connectivity index (χ0) is 15.0. The van der Waals surface area contributed by atoms with Crippen LogP contribution in [0.25, 0.3) is 16.9 Å². The minimum Gasteiger partial charge on any atom is -0.325 e. The first-order chi connectivity index (χ1) is 9.99. The summed E-state index contributed by atoms with van der Waals surface area (Å²) in [6.45, 7) is 0.198. The van der Waals surface area contributed by atoms with Gasteiger partial charge in [0.25, 0.3) is 0 Å². The van der Waals surface area contributed by atoms with Crippen LogP contribution < -0.4 is 5.73 Å². The van der Waals surface area contributed by atoms with Gasteiger partial charge in [-0.15, -0.1) is 0 Å². The Labute approximate surface area is 117 Å². The van der Waals surface area contributed by atoms with E-state index in [1.54, 1.807) is 6.20 Å². The van der Waals surface area contributed by atoms with E-state index >= 15 is 0 Å². The van der Waals surface area contributed by atoms with Crippen molar-refractivity contribution in [3.8, 4) is 11.3 Å². The summed E-state index contributed by atoms with van der Waals surface area (Å²) < 4.78 is 39.3. The maximum atomic E-state index is 12.6. The summed E-state index contributed by atoms with van der Waals surface area (Å²) in [5, 5.41) is 4.00. The monoisotopic (exact) mass is 293 g/mol. The summed E-state index contributed by atoms with van der Waals surface area (Å²) in [7, 11) is 0. The molecule has 0 unspecified atom stereocenters. The van der Waals surface area contributed by atoms with Gasteiger partial charge >= 0.3 is 6.18 Å². The van der Waals surface area contributed by atoms with E-state index in [0.717, 1.165) is 12.1 Å². The number of hydrogen-bond donors (Lipinski definition) is 1. The molecule has 2 heterocycles. The molecule has 0 fully saturated rings. The number of rotatable bonds is 2. The van der Waals surface area contributed by atoms with Crippen molar-refractivity contribution >= 4 is 5.65 Å². The Morgan fingerprint density at radius 1 is 1.14 bits per heavy atom. The zero-order valence-electron chi connectivity index (χ0n) is 10.7. The van der Waals surface area contributed by atoms with E-state index in [1.165, 1.54) is 23.0 Å². The van der Waals surface area contributed by atoms with Gasteiger partial charge in [-0.2, -0.15) is 18.3 Å². The third kappa shape index (κ3) is 2.45. The molecule has 0 bridgehead atoms. The first-order valence-corrected chi connectivity index (χ1v) is 6.06. The number of aromatic nitrogens is 4. The Bertz CT molecular complexity index is 777. The first-order valence-electron chi connectivity index (χ1n) is 6.06. The number of fused-ring (bicyclic) bond motifs is 1. The largest absolute Gasteiger partial charge is 0.416 e. The lowest BCUT2D eigenvalue weighted by molar-refractivity contribution is -0.137. The van der Waals surface area contributed by atoms with Crippen LogP contribution >= 0.6 is 0 Å². The van der Waals surface area contributed by atoms with Crippen molar-refractivity contribution in [2.24, 2.45) is 5.73 Å². The molecule has 108 valence electrons. The second kappa shape index (κ2) is 4.81. The lowest BCUT2D eigenvalue weighted by Crippen LogP contribution is -2.06. The zero-order valence-corrected chi connectivity index (χ0v) is 10.7. The summed E-state index contributed by atoms with van der Waals surface area (Å²) in [6.07, 6.45) is -1.38. The van der Waals surface area contributed by atoms with Gasteiger partial charge in [-0.1, -0.05) is 12.1 Å². The molecule has 1 aromatic carbocycles. The van der Waals surface area contributed by atoms with Crippen LogP contribution in [0, 0.1) is 0 Å². The van der Waals surface area contributed by atoms with Crippen molar-refractivity contribution in [3.63, 3.8) is 0 Å². The fourth-order valence-corrected chi connectivity index (χ4v) is 1.99. The Hall–Kier alpha value is -2.48. The predicted octanol–water partition coefficient (Wildman–Crippen LogP) is 2.27. The molecule has 0 saturated heterocycles. The molecular weight excluding hydrogens is 283 g/mol. The third-order valence-electron chi connectivity index (χ3n) is 3.01. The van der Waals surface area contributed by atoms with Crippen molar-refractivity contribution in [3.05, 3.63) is 48.0 Å². The highest BCUT2D eigenvalue weighted by Gasteiger charge is 2.30. The van der Waals surface area contributed by atoms with Gasteiger partial charge in [0.05, 0.1) is 17.5 Å². The minimum atomic E-state index is -4.37. The van der Waals surface area contributed by atoms with E-state index in [-0.39, 0.29) is 6.54 Å². The van der Waals surface area contributed by atoms with Gasteiger partial charge < -0.3 is 5.73 Å². The summed E-state index contributed by atoms with van der Waals surface area (Å²) >= 11 is 0. The summed E-state index contributed by atoms with van der Waals surface area (Å²) in [5.74, 6) is 0. The van der Waals surface area contributed by atoms with Gasteiger partial charge in [0.1, 0.15) is 12.0 Å². The van der Waals surface area contributed by atoms with E-state index in [1.807, 2.05) is 0 Å².